The molecular formula is C19H26N4O2. The van der Waals surface area contributed by atoms with E-state index in [2.05, 4.69) is 20.0 Å². The van der Waals surface area contributed by atoms with Crippen LogP contribution in [0.15, 0.2) is 35.1 Å². The van der Waals surface area contributed by atoms with Gasteiger partial charge in [0.05, 0.1) is 24.8 Å². The number of fused-ring (bicyclic) bond motifs is 1. The van der Waals surface area contributed by atoms with Gasteiger partial charge in [0.1, 0.15) is 0 Å². The summed E-state index contributed by atoms with van der Waals surface area (Å²) < 4.78 is 5.23. The molecule has 2 atom stereocenters. The van der Waals surface area contributed by atoms with Crippen LogP contribution in [0.5, 0.6) is 0 Å². The Labute approximate surface area is 148 Å². The highest BCUT2D eigenvalue weighted by Crippen LogP contribution is 2.42. The summed E-state index contributed by atoms with van der Waals surface area (Å²) in [6.07, 6.45) is 6.77. The van der Waals surface area contributed by atoms with E-state index in [1.165, 1.54) is 5.56 Å². The van der Waals surface area contributed by atoms with E-state index in [0.29, 0.717) is 6.04 Å². The van der Waals surface area contributed by atoms with Gasteiger partial charge in [0.25, 0.3) is 0 Å². The summed E-state index contributed by atoms with van der Waals surface area (Å²) in [6, 6.07) is 6.48. The van der Waals surface area contributed by atoms with Gasteiger partial charge in [-0.2, -0.15) is 5.10 Å². The molecule has 0 unspecified atom stereocenters. The molecule has 2 saturated heterocycles. The summed E-state index contributed by atoms with van der Waals surface area (Å²) in [4.78, 5) is 4.82. The van der Waals surface area contributed by atoms with Gasteiger partial charge in [0.2, 0.25) is 0 Å². The Kier molecular flexibility index (Phi) is 4.48. The van der Waals surface area contributed by atoms with Crippen LogP contribution in [0.2, 0.25) is 0 Å². The zero-order chi connectivity index (χ0) is 17.3. The highest BCUT2D eigenvalue weighted by molar-refractivity contribution is 5.39. The number of furan rings is 1. The lowest BCUT2D eigenvalue weighted by Gasteiger charge is -2.54. The van der Waals surface area contributed by atoms with Gasteiger partial charge >= 0.3 is 0 Å². The normalized spacial score (nSPS) is 27.3. The molecule has 134 valence electrons. The largest absolute Gasteiger partial charge is 0.472 e. The maximum absolute atomic E-state index is 10.3. The molecule has 6 heteroatoms. The zero-order valence-electron chi connectivity index (χ0n) is 14.8. The van der Waals surface area contributed by atoms with Gasteiger partial charge in [0, 0.05) is 36.7 Å². The fourth-order valence-corrected chi connectivity index (χ4v) is 4.55. The third kappa shape index (κ3) is 3.16. The van der Waals surface area contributed by atoms with Crippen molar-refractivity contribution in [3.05, 3.63) is 42.0 Å². The van der Waals surface area contributed by atoms with E-state index in [4.69, 9.17) is 4.42 Å². The van der Waals surface area contributed by atoms with E-state index in [1.54, 1.807) is 6.26 Å². The van der Waals surface area contributed by atoms with Crippen LogP contribution in [-0.4, -0.2) is 52.5 Å². The van der Waals surface area contributed by atoms with Gasteiger partial charge < -0.3 is 14.4 Å². The second-order valence-electron chi connectivity index (χ2n) is 7.49. The molecule has 0 aromatic carbocycles. The van der Waals surface area contributed by atoms with Gasteiger partial charge in [-0.3, -0.25) is 4.90 Å². The molecule has 0 saturated carbocycles. The number of anilines is 1. The van der Waals surface area contributed by atoms with Crippen molar-refractivity contribution in [3.8, 4) is 0 Å². The van der Waals surface area contributed by atoms with Crippen LogP contribution in [0, 0.1) is 12.3 Å². The first kappa shape index (κ1) is 16.5. The van der Waals surface area contributed by atoms with E-state index < -0.39 is 0 Å². The van der Waals surface area contributed by atoms with E-state index in [9.17, 15) is 5.11 Å². The Balaban J connectivity index is 1.54. The molecule has 0 bridgehead atoms. The van der Waals surface area contributed by atoms with E-state index >= 15 is 0 Å². The Morgan fingerprint density at radius 1 is 1.28 bits per heavy atom. The Bertz CT molecular complexity index is 688. The van der Waals surface area contributed by atoms with Crippen LogP contribution in [0.25, 0.3) is 0 Å². The smallest absolute Gasteiger partial charge is 0.151 e. The van der Waals surface area contributed by atoms with Gasteiger partial charge in [-0.1, -0.05) is 0 Å². The predicted molar refractivity (Wildman–Crippen MR) is 95.3 cm³/mol. The Hall–Kier alpha value is -1.92. The number of aliphatic hydroxyl groups excluding tert-OH is 1. The molecule has 0 aliphatic carbocycles. The lowest BCUT2D eigenvalue weighted by molar-refractivity contribution is -0.0402. The third-order valence-corrected chi connectivity index (χ3v) is 5.83. The number of rotatable bonds is 4. The molecule has 1 N–H and O–H groups in total. The standard InChI is InChI=1S/C19H26N4O2/c1-15-3-4-18(21-20-15)23-9-5-17-19(13-23,14-24)7-2-8-22(17)11-16-6-10-25-12-16/h3-4,6,10,12,17,24H,2,5,7-9,11,13-14H2,1H3/t17-,19-/m1/s1. The number of piperidine rings is 2. The van der Waals surface area contributed by atoms with Gasteiger partial charge in [0.15, 0.2) is 5.82 Å². The summed E-state index contributed by atoms with van der Waals surface area (Å²) >= 11 is 0. The topological polar surface area (TPSA) is 65.6 Å². The van der Waals surface area contributed by atoms with Crippen molar-refractivity contribution < 1.29 is 9.52 Å². The van der Waals surface area contributed by atoms with E-state index in [1.807, 2.05) is 31.4 Å². The molecule has 0 spiro atoms. The number of hydrogen-bond acceptors (Lipinski definition) is 6. The predicted octanol–water partition coefficient (Wildman–Crippen LogP) is 2.23. The molecule has 4 rings (SSSR count). The lowest BCUT2D eigenvalue weighted by atomic mass is 9.69. The second-order valence-corrected chi connectivity index (χ2v) is 7.49. The number of aliphatic hydroxyl groups is 1. The van der Waals surface area contributed by atoms with Crippen molar-refractivity contribution in [2.45, 2.75) is 38.8 Å². The summed E-state index contributed by atoms with van der Waals surface area (Å²) in [5.41, 5.74) is 2.05. The molecule has 2 aliphatic rings. The number of hydrogen-bond donors (Lipinski definition) is 1. The SMILES string of the molecule is Cc1ccc(N2CC[C@H]3N(Cc4ccoc4)CCC[C@]3(CO)C2)nn1. The molecule has 2 aliphatic heterocycles. The maximum atomic E-state index is 10.3. The van der Waals surface area contributed by atoms with E-state index in [0.717, 1.165) is 57.0 Å². The highest BCUT2D eigenvalue weighted by Gasteiger charge is 2.48. The first-order valence-corrected chi connectivity index (χ1v) is 9.11. The lowest BCUT2D eigenvalue weighted by Crippen LogP contribution is -2.62. The average molecular weight is 342 g/mol. The van der Waals surface area contributed by atoms with Crippen molar-refractivity contribution in [2.75, 3.05) is 31.1 Å². The molecule has 0 amide bonds. The van der Waals surface area contributed by atoms with Crippen molar-refractivity contribution >= 4 is 5.82 Å². The molecule has 2 aromatic heterocycles. The number of nitrogens with zero attached hydrogens (tertiary/aromatic N) is 4. The molecule has 0 radical (unpaired) electrons. The minimum absolute atomic E-state index is 0.0905. The number of aryl methyl sites for hydroxylation is 1. The molecule has 4 heterocycles. The van der Waals surface area contributed by atoms with Crippen molar-refractivity contribution in [1.82, 2.24) is 15.1 Å². The van der Waals surface area contributed by atoms with Crippen LogP contribution in [0.1, 0.15) is 30.5 Å². The zero-order valence-corrected chi connectivity index (χ0v) is 14.8. The molecule has 25 heavy (non-hydrogen) atoms. The first-order chi connectivity index (χ1) is 12.2. The quantitative estimate of drug-likeness (QED) is 0.919. The average Bonchev–Trinajstić information content (AvgIpc) is 3.15. The Morgan fingerprint density at radius 3 is 2.92 bits per heavy atom. The molecule has 2 aromatic rings. The van der Waals surface area contributed by atoms with Gasteiger partial charge in [-0.05, 0) is 50.9 Å². The van der Waals surface area contributed by atoms with Crippen LogP contribution >= 0.6 is 0 Å². The maximum Gasteiger partial charge on any atom is 0.151 e. The summed E-state index contributed by atoms with van der Waals surface area (Å²) in [5, 5.41) is 18.9. The first-order valence-electron chi connectivity index (χ1n) is 9.11. The molecule has 6 nitrogen and oxygen atoms in total. The van der Waals surface area contributed by atoms with Crippen LogP contribution < -0.4 is 4.90 Å². The van der Waals surface area contributed by atoms with Gasteiger partial charge in [-0.25, -0.2) is 0 Å². The summed E-state index contributed by atoms with van der Waals surface area (Å²) in [7, 11) is 0. The fraction of sp³-hybridized carbons (Fsp3) is 0.579. The van der Waals surface area contributed by atoms with Crippen LogP contribution in [0.4, 0.5) is 5.82 Å². The summed E-state index contributed by atoms with van der Waals surface area (Å²) in [6.45, 7) is 5.94. The minimum atomic E-state index is -0.0905. The number of aromatic nitrogens is 2. The monoisotopic (exact) mass is 342 g/mol. The number of likely N-dealkylation sites (tertiary alicyclic amines) is 1. The third-order valence-electron chi connectivity index (χ3n) is 5.83. The van der Waals surface area contributed by atoms with Crippen molar-refractivity contribution in [1.29, 1.82) is 0 Å². The van der Waals surface area contributed by atoms with Crippen molar-refractivity contribution in [2.24, 2.45) is 5.41 Å². The van der Waals surface area contributed by atoms with Crippen molar-refractivity contribution in [3.63, 3.8) is 0 Å². The molecule has 2 fully saturated rings. The summed E-state index contributed by atoms with van der Waals surface area (Å²) in [5.74, 6) is 0.920. The highest BCUT2D eigenvalue weighted by atomic mass is 16.3. The van der Waals surface area contributed by atoms with Crippen LogP contribution in [-0.2, 0) is 6.54 Å². The fourth-order valence-electron chi connectivity index (χ4n) is 4.55. The minimum Gasteiger partial charge on any atom is -0.472 e. The second kappa shape index (κ2) is 6.77. The Morgan fingerprint density at radius 2 is 2.20 bits per heavy atom. The van der Waals surface area contributed by atoms with E-state index in [-0.39, 0.29) is 12.0 Å². The van der Waals surface area contributed by atoms with Crippen LogP contribution in [0.3, 0.4) is 0 Å². The molecular weight excluding hydrogens is 316 g/mol. The van der Waals surface area contributed by atoms with Gasteiger partial charge in [-0.15, -0.1) is 5.10 Å².